The number of hydrogen-bond donors (Lipinski definition) is 2. The summed E-state index contributed by atoms with van der Waals surface area (Å²) in [6.07, 6.45) is 5.35. The van der Waals surface area contributed by atoms with Gasteiger partial charge in [-0.25, -0.2) is 8.42 Å². The molecule has 1 atom stereocenters. The van der Waals surface area contributed by atoms with Gasteiger partial charge in [-0.2, -0.15) is 0 Å². The number of fused-ring (bicyclic) bond motifs is 1. The summed E-state index contributed by atoms with van der Waals surface area (Å²) in [5.74, 6) is -1.74. The van der Waals surface area contributed by atoms with Gasteiger partial charge in [-0.3, -0.25) is 29.4 Å². The van der Waals surface area contributed by atoms with Crippen LogP contribution in [0, 0.1) is 0 Å². The number of aryl methyl sites for hydroxylation is 1. The molecule has 0 bridgehead atoms. The zero-order chi connectivity index (χ0) is 23.6. The molecule has 2 N–H and O–H groups in total. The lowest BCUT2D eigenvalue weighted by Crippen LogP contribution is -2.54. The molecule has 4 rings (SSSR count). The molecular weight excluding hydrogens is 446 g/mol. The standard InChI is InChI=1S/C23H29N3O6S/c27-20-10-9-19(21(28)25-20)26-22(29)17-8-7-15(12-18(17)23(26)30)6-4-2-1-3-5-11-33(31,32)16-13-24-14-16/h7-8,12,16,19,24H,1-6,9-11,13-14H2,(H,25,27,28). The van der Waals surface area contributed by atoms with E-state index >= 15 is 0 Å². The van der Waals surface area contributed by atoms with Crippen LogP contribution in [0.15, 0.2) is 18.2 Å². The van der Waals surface area contributed by atoms with Gasteiger partial charge in [-0.05, 0) is 43.4 Å². The number of nitrogens with one attached hydrogen (secondary N) is 2. The van der Waals surface area contributed by atoms with Crippen molar-refractivity contribution in [1.82, 2.24) is 15.5 Å². The summed E-state index contributed by atoms with van der Waals surface area (Å²) in [6, 6.07) is 4.23. The van der Waals surface area contributed by atoms with E-state index in [0.29, 0.717) is 25.1 Å². The van der Waals surface area contributed by atoms with E-state index in [1.165, 1.54) is 0 Å². The molecule has 3 aliphatic rings. The Morgan fingerprint density at radius 3 is 2.30 bits per heavy atom. The minimum Gasteiger partial charge on any atom is -0.314 e. The van der Waals surface area contributed by atoms with Crippen molar-refractivity contribution in [2.45, 2.75) is 62.7 Å². The van der Waals surface area contributed by atoms with E-state index in [2.05, 4.69) is 10.6 Å². The molecule has 1 unspecified atom stereocenters. The van der Waals surface area contributed by atoms with Crippen LogP contribution in [-0.2, 0) is 25.8 Å². The molecule has 10 heteroatoms. The van der Waals surface area contributed by atoms with Crippen molar-refractivity contribution >= 4 is 33.5 Å². The minimum absolute atomic E-state index is 0.0960. The molecule has 3 heterocycles. The fraction of sp³-hybridized carbons (Fsp3) is 0.565. The Morgan fingerprint density at radius 2 is 1.61 bits per heavy atom. The van der Waals surface area contributed by atoms with Crippen molar-refractivity contribution < 1.29 is 27.6 Å². The molecule has 2 fully saturated rings. The van der Waals surface area contributed by atoms with Crippen LogP contribution < -0.4 is 10.6 Å². The number of amides is 4. The van der Waals surface area contributed by atoms with Crippen LogP contribution in [0.25, 0.3) is 0 Å². The smallest absolute Gasteiger partial charge is 0.262 e. The summed E-state index contributed by atoms with van der Waals surface area (Å²) in [4.78, 5) is 50.1. The normalized spacial score (nSPS) is 21.2. The molecule has 0 radical (unpaired) electrons. The van der Waals surface area contributed by atoms with Crippen LogP contribution >= 0.6 is 0 Å². The highest BCUT2D eigenvalue weighted by molar-refractivity contribution is 7.92. The first-order valence-electron chi connectivity index (χ1n) is 11.5. The van der Waals surface area contributed by atoms with Gasteiger partial charge in [0.05, 0.1) is 22.1 Å². The van der Waals surface area contributed by atoms with Gasteiger partial charge < -0.3 is 5.32 Å². The number of nitrogens with zero attached hydrogens (tertiary/aromatic N) is 1. The second-order valence-electron chi connectivity index (χ2n) is 8.99. The van der Waals surface area contributed by atoms with Crippen LogP contribution in [0.1, 0.15) is 71.2 Å². The summed E-state index contributed by atoms with van der Waals surface area (Å²) in [5, 5.41) is 4.98. The van der Waals surface area contributed by atoms with Gasteiger partial charge in [0.1, 0.15) is 6.04 Å². The highest BCUT2D eigenvalue weighted by Crippen LogP contribution is 2.28. The Bertz CT molecular complexity index is 1080. The quantitative estimate of drug-likeness (QED) is 0.381. The molecule has 178 valence electrons. The van der Waals surface area contributed by atoms with E-state index in [0.717, 1.165) is 42.6 Å². The van der Waals surface area contributed by atoms with E-state index < -0.39 is 39.5 Å². The predicted octanol–water partition coefficient (Wildman–Crippen LogP) is 0.967. The molecule has 0 spiro atoms. The number of benzene rings is 1. The van der Waals surface area contributed by atoms with Crippen molar-refractivity contribution in [2.75, 3.05) is 18.8 Å². The third kappa shape index (κ3) is 5.01. The molecule has 0 saturated carbocycles. The van der Waals surface area contributed by atoms with E-state index in [1.54, 1.807) is 12.1 Å². The zero-order valence-electron chi connectivity index (χ0n) is 18.5. The van der Waals surface area contributed by atoms with Crippen molar-refractivity contribution in [1.29, 1.82) is 0 Å². The number of rotatable bonds is 10. The van der Waals surface area contributed by atoms with Crippen molar-refractivity contribution in [3.8, 4) is 0 Å². The first-order valence-corrected chi connectivity index (χ1v) is 13.3. The molecule has 2 saturated heterocycles. The van der Waals surface area contributed by atoms with Crippen molar-refractivity contribution in [3.05, 3.63) is 34.9 Å². The molecule has 3 aliphatic heterocycles. The summed E-state index contributed by atoms with van der Waals surface area (Å²) in [7, 11) is -2.96. The number of hydrogen-bond acceptors (Lipinski definition) is 7. The minimum atomic E-state index is -2.96. The van der Waals surface area contributed by atoms with E-state index in [9.17, 15) is 27.6 Å². The number of piperidine rings is 1. The van der Waals surface area contributed by atoms with Gasteiger partial charge in [0, 0.05) is 19.5 Å². The average Bonchev–Trinajstić information content (AvgIpc) is 2.96. The van der Waals surface area contributed by atoms with E-state index in [-0.39, 0.29) is 29.4 Å². The van der Waals surface area contributed by atoms with Crippen molar-refractivity contribution in [3.63, 3.8) is 0 Å². The topological polar surface area (TPSA) is 130 Å². The van der Waals surface area contributed by atoms with Gasteiger partial charge in [-0.1, -0.05) is 25.3 Å². The van der Waals surface area contributed by atoms with Gasteiger partial charge in [0.15, 0.2) is 9.84 Å². The largest absolute Gasteiger partial charge is 0.314 e. The van der Waals surface area contributed by atoms with Crippen LogP contribution in [0.2, 0.25) is 0 Å². The summed E-state index contributed by atoms with van der Waals surface area (Å²) in [6.45, 7) is 1.14. The maximum absolute atomic E-state index is 12.9. The Hall–Kier alpha value is -2.59. The molecule has 4 amide bonds. The summed E-state index contributed by atoms with van der Waals surface area (Å²) in [5.41, 5.74) is 1.54. The monoisotopic (exact) mass is 475 g/mol. The molecule has 9 nitrogen and oxygen atoms in total. The Labute approximate surface area is 193 Å². The van der Waals surface area contributed by atoms with Crippen LogP contribution in [-0.4, -0.2) is 67.1 Å². The van der Waals surface area contributed by atoms with Gasteiger partial charge >= 0.3 is 0 Å². The number of unbranched alkanes of at least 4 members (excludes halogenated alkanes) is 4. The first kappa shape index (κ1) is 23.6. The van der Waals surface area contributed by atoms with Crippen LogP contribution in [0.4, 0.5) is 0 Å². The SMILES string of the molecule is O=C1CCC(N2C(=O)c3ccc(CCCCCCCS(=O)(=O)C4CNC4)cc3C2=O)C(=O)N1. The first-order chi connectivity index (χ1) is 15.8. The Morgan fingerprint density at radius 1 is 0.909 bits per heavy atom. The second-order valence-corrected chi connectivity index (χ2v) is 11.4. The molecule has 0 aromatic heterocycles. The third-order valence-electron chi connectivity index (χ3n) is 6.65. The van der Waals surface area contributed by atoms with Gasteiger partial charge in [-0.15, -0.1) is 0 Å². The lowest BCUT2D eigenvalue weighted by molar-refractivity contribution is -0.136. The van der Waals surface area contributed by atoms with Crippen molar-refractivity contribution in [2.24, 2.45) is 0 Å². The third-order valence-corrected chi connectivity index (χ3v) is 8.86. The van der Waals surface area contributed by atoms with Crippen LogP contribution in [0.5, 0.6) is 0 Å². The van der Waals surface area contributed by atoms with E-state index in [1.807, 2.05) is 6.07 Å². The highest BCUT2D eigenvalue weighted by atomic mass is 32.2. The highest BCUT2D eigenvalue weighted by Gasteiger charge is 2.44. The molecule has 1 aromatic carbocycles. The van der Waals surface area contributed by atoms with Gasteiger partial charge in [0.2, 0.25) is 11.8 Å². The fourth-order valence-corrected chi connectivity index (χ4v) is 6.20. The number of sulfone groups is 1. The Kier molecular flexibility index (Phi) is 6.94. The van der Waals surface area contributed by atoms with Gasteiger partial charge in [0.25, 0.3) is 11.8 Å². The molecule has 0 aliphatic carbocycles. The predicted molar refractivity (Wildman–Crippen MR) is 120 cm³/mol. The lowest BCUT2D eigenvalue weighted by Gasteiger charge is -2.27. The molecular formula is C23H29N3O6S. The van der Waals surface area contributed by atoms with Crippen LogP contribution in [0.3, 0.4) is 0 Å². The average molecular weight is 476 g/mol. The second kappa shape index (κ2) is 9.72. The molecule has 33 heavy (non-hydrogen) atoms. The summed E-state index contributed by atoms with van der Waals surface area (Å²) >= 11 is 0. The summed E-state index contributed by atoms with van der Waals surface area (Å²) < 4.78 is 24.1. The maximum Gasteiger partial charge on any atom is 0.262 e. The lowest BCUT2D eigenvalue weighted by atomic mass is 10.0. The zero-order valence-corrected chi connectivity index (χ0v) is 19.3. The van der Waals surface area contributed by atoms with E-state index in [4.69, 9.17) is 0 Å². The molecule has 1 aromatic rings. The number of imide groups is 2. The maximum atomic E-state index is 12.9. The Balaban J connectivity index is 1.24. The fourth-order valence-electron chi connectivity index (χ4n) is 4.52. The number of carbonyl (C=O) groups is 4. The number of carbonyl (C=O) groups excluding carboxylic acids is 4.